The second-order valence-corrected chi connectivity index (χ2v) is 9.47. The van der Waals surface area contributed by atoms with Crippen molar-refractivity contribution in [1.29, 1.82) is 0 Å². The Morgan fingerprint density at radius 1 is 1.08 bits per heavy atom. The molecule has 1 amide bonds. The van der Waals surface area contributed by atoms with E-state index >= 15 is 0 Å². The lowest BCUT2D eigenvalue weighted by Gasteiger charge is -2.31. The summed E-state index contributed by atoms with van der Waals surface area (Å²) in [6, 6.07) is 3.89. The van der Waals surface area contributed by atoms with Crippen LogP contribution in [0.15, 0.2) is 65.4 Å². The van der Waals surface area contributed by atoms with Crippen molar-refractivity contribution in [3.63, 3.8) is 0 Å². The first kappa shape index (κ1) is 29.3. The third kappa shape index (κ3) is 8.33. The molecule has 0 saturated heterocycles. The molecule has 1 atom stereocenters. The first-order chi connectivity index (χ1) is 17.2. The molecule has 198 valence electrons. The van der Waals surface area contributed by atoms with Gasteiger partial charge in [0.15, 0.2) is 0 Å². The number of benzene rings is 1. The SMILES string of the molecule is C=C1C(OCc2c(F)cccc2F)=CC(C)=CN1C(C(=O)NNC(CCC)CCCCCC)=C(C)C. The molecule has 1 unspecified atom stereocenters. The number of halogens is 2. The van der Waals surface area contributed by atoms with Gasteiger partial charge in [-0.2, -0.15) is 0 Å². The number of allylic oxidation sites excluding steroid dienone is 3. The van der Waals surface area contributed by atoms with E-state index in [9.17, 15) is 13.6 Å². The average molecular weight is 502 g/mol. The van der Waals surface area contributed by atoms with Crippen LogP contribution in [-0.4, -0.2) is 16.8 Å². The third-order valence-corrected chi connectivity index (χ3v) is 6.06. The second kappa shape index (κ2) is 14.6. The molecule has 0 aromatic heterocycles. The van der Waals surface area contributed by atoms with Crippen LogP contribution >= 0.6 is 0 Å². The lowest BCUT2D eigenvalue weighted by Crippen LogP contribution is -2.47. The van der Waals surface area contributed by atoms with Crippen LogP contribution < -0.4 is 10.9 Å². The van der Waals surface area contributed by atoms with E-state index in [0.717, 1.165) is 36.8 Å². The van der Waals surface area contributed by atoms with Gasteiger partial charge >= 0.3 is 0 Å². The fourth-order valence-electron chi connectivity index (χ4n) is 4.13. The minimum Gasteiger partial charge on any atom is -0.486 e. The van der Waals surface area contributed by atoms with E-state index in [1.165, 1.54) is 37.5 Å². The maximum Gasteiger partial charge on any atom is 0.282 e. The lowest BCUT2D eigenvalue weighted by molar-refractivity contribution is -0.119. The highest BCUT2D eigenvalue weighted by molar-refractivity contribution is 5.94. The van der Waals surface area contributed by atoms with Crippen molar-refractivity contribution in [2.45, 2.75) is 92.2 Å². The Bertz CT molecular complexity index is 990. The zero-order valence-corrected chi connectivity index (χ0v) is 22.3. The van der Waals surface area contributed by atoms with Crippen LogP contribution in [0.4, 0.5) is 8.78 Å². The molecule has 0 aliphatic carbocycles. The molecule has 1 heterocycles. The van der Waals surface area contributed by atoms with Crippen LogP contribution in [0.2, 0.25) is 0 Å². The van der Waals surface area contributed by atoms with Crippen molar-refractivity contribution < 1.29 is 18.3 Å². The number of ether oxygens (including phenoxy) is 1. The number of unbranched alkanes of at least 4 members (excludes halogenated alkanes) is 3. The van der Waals surface area contributed by atoms with Gasteiger partial charge in [0.2, 0.25) is 0 Å². The largest absolute Gasteiger partial charge is 0.486 e. The number of nitrogens with zero attached hydrogens (tertiary/aromatic N) is 1. The van der Waals surface area contributed by atoms with Crippen molar-refractivity contribution in [3.05, 3.63) is 82.6 Å². The number of hydrazine groups is 1. The van der Waals surface area contributed by atoms with Crippen LogP contribution in [0.5, 0.6) is 0 Å². The van der Waals surface area contributed by atoms with Gasteiger partial charge < -0.3 is 9.64 Å². The fourth-order valence-corrected chi connectivity index (χ4v) is 4.13. The Morgan fingerprint density at radius 3 is 2.39 bits per heavy atom. The summed E-state index contributed by atoms with van der Waals surface area (Å²) < 4.78 is 33.9. The van der Waals surface area contributed by atoms with Gasteiger partial charge in [-0.3, -0.25) is 10.2 Å². The molecule has 1 aromatic carbocycles. The number of nitrogens with one attached hydrogen (secondary N) is 2. The Morgan fingerprint density at radius 2 is 1.78 bits per heavy atom. The summed E-state index contributed by atoms with van der Waals surface area (Å²) in [4.78, 5) is 15.0. The Kier molecular flexibility index (Phi) is 11.9. The summed E-state index contributed by atoms with van der Waals surface area (Å²) in [5.74, 6) is -1.28. The Hall–Kier alpha value is -2.93. The highest BCUT2D eigenvalue weighted by atomic mass is 19.1. The van der Waals surface area contributed by atoms with E-state index in [0.29, 0.717) is 17.2 Å². The van der Waals surface area contributed by atoms with E-state index < -0.39 is 11.6 Å². The molecule has 1 aliphatic heterocycles. The molecule has 2 rings (SSSR count). The van der Waals surface area contributed by atoms with Crippen molar-refractivity contribution >= 4 is 5.91 Å². The molecule has 2 N–H and O–H groups in total. The molecular formula is C29H41F2N3O2. The molecule has 0 saturated carbocycles. The Labute approximate surface area is 214 Å². The standard InChI is InChI=1S/C29H41F2N3O2/c1-7-9-10-11-14-23(13-8-2)32-33-29(35)28(20(3)4)34-18-21(5)17-27(22(34)6)36-19-24-25(30)15-12-16-26(24)31/h12,15-18,23,32H,6-11,13-14,19H2,1-5H3,(H,33,35). The van der Waals surface area contributed by atoms with E-state index in [2.05, 4.69) is 31.3 Å². The van der Waals surface area contributed by atoms with Gasteiger partial charge in [-0.05, 0) is 63.0 Å². The molecule has 5 nitrogen and oxygen atoms in total. The van der Waals surface area contributed by atoms with Crippen LogP contribution in [0, 0.1) is 11.6 Å². The van der Waals surface area contributed by atoms with Gasteiger partial charge in [0, 0.05) is 12.2 Å². The summed E-state index contributed by atoms with van der Waals surface area (Å²) in [7, 11) is 0. The predicted octanol–water partition coefficient (Wildman–Crippen LogP) is 7.15. The lowest BCUT2D eigenvalue weighted by atomic mass is 10.0. The maximum absolute atomic E-state index is 14.1. The minimum atomic E-state index is -0.673. The van der Waals surface area contributed by atoms with Crippen LogP contribution in [0.3, 0.4) is 0 Å². The average Bonchev–Trinajstić information content (AvgIpc) is 2.82. The van der Waals surface area contributed by atoms with E-state index in [1.807, 2.05) is 20.8 Å². The molecule has 1 aliphatic rings. The number of rotatable bonds is 14. The molecule has 1 aromatic rings. The van der Waals surface area contributed by atoms with Crippen molar-refractivity contribution in [1.82, 2.24) is 15.8 Å². The highest BCUT2D eigenvalue weighted by Gasteiger charge is 2.26. The van der Waals surface area contributed by atoms with Crippen LogP contribution in [0.25, 0.3) is 0 Å². The zero-order valence-electron chi connectivity index (χ0n) is 22.3. The number of carbonyl (C=O) groups excluding carboxylic acids is 1. The minimum absolute atomic E-state index is 0.157. The number of carbonyl (C=O) groups is 1. The number of hydrogen-bond donors (Lipinski definition) is 2. The van der Waals surface area contributed by atoms with E-state index in [4.69, 9.17) is 4.74 Å². The van der Waals surface area contributed by atoms with Crippen molar-refractivity contribution in [2.24, 2.45) is 0 Å². The van der Waals surface area contributed by atoms with E-state index in [-0.39, 0.29) is 24.1 Å². The normalized spacial score (nSPS) is 14.2. The smallest absolute Gasteiger partial charge is 0.282 e. The molecule has 0 spiro atoms. The molecule has 36 heavy (non-hydrogen) atoms. The molecule has 0 radical (unpaired) electrons. The maximum atomic E-state index is 14.1. The summed E-state index contributed by atoms with van der Waals surface area (Å²) in [5, 5.41) is 0. The summed E-state index contributed by atoms with van der Waals surface area (Å²) in [6.45, 7) is 13.7. The topological polar surface area (TPSA) is 53.6 Å². The van der Waals surface area contributed by atoms with Crippen molar-refractivity contribution in [3.8, 4) is 0 Å². The molecule has 0 fully saturated rings. The number of amides is 1. The summed E-state index contributed by atoms with van der Waals surface area (Å²) in [5.41, 5.74) is 8.39. The van der Waals surface area contributed by atoms with Gasteiger partial charge in [-0.1, -0.05) is 58.6 Å². The van der Waals surface area contributed by atoms with Gasteiger partial charge in [-0.15, -0.1) is 0 Å². The first-order valence-corrected chi connectivity index (χ1v) is 12.9. The van der Waals surface area contributed by atoms with Crippen LogP contribution in [0.1, 0.15) is 85.1 Å². The first-order valence-electron chi connectivity index (χ1n) is 12.9. The highest BCUT2D eigenvalue weighted by Crippen LogP contribution is 2.30. The van der Waals surface area contributed by atoms with E-state index in [1.54, 1.807) is 17.2 Å². The zero-order chi connectivity index (χ0) is 26.7. The summed E-state index contributed by atoms with van der Waals surface area (Å²) >= 11 is 0. The second-order valence-electron chi connectivity index (χ2n) is 9.47. The van der Waals surface area contributed by atoms with Gasteiger partial charge in [0.05, 0.1) is 11.3 Å². The summed E-state index contributed by atoms with van der Waals surface area (Å²) in [6.07, 6.45) is 11.3. The Balaban J connectivity index is 2.11. The third-order valence-electron chi connectivity index (χ3n) is 6.06. The number of hydrogen-bond acceptors (Lipinski definition) is 4. The molecule has 7 heteroatoms. The van der Waals surface area contributed by atoms with Gasteiger partial charge in [0.1, 0.15) is 29.7 Å². The van der Waals surface area contributed by atoms with Gasteiger partial charge in [-0.25, -0.2) is 14.2 Å². The van der Waals surface area contributed by atoms with Gasteiger partial charge in [0.25, 0.3) is 5.91 Å². The van der Waals surface area contributed by atoms with Crippen LogP contribution in [-0.2, 0) is 16.1 Å². The monoisotopic (exact) mass is 501 g/mol. The quantitative estimate of drug-likeness (QED) is 0.161. The van der Waals surface area contributed by atoms with Crippen molar-refractivity contribution in [2.75, 3.05) is 0 Å². The molecular weight excluding hydrogens is 460 g/mol. The fraction of sp³-hybridized carbons (Fsp3) is 0.483. The predicted molar refractivity (Wildman–Crippen MR) is 141 cm³/mol. The molecule has 0 bridgehead atoms.